The minimum Gasteiger partial charge on any atom is -0.281 e. The van der Waals surface area contributed by atoms with E-state index in [1.807, 2.05) is 0 Å². The van der Waals surface area contributed by atoms with Gasteiger partial charge in [0.1, 0.15) is 0 Å². The molecule has 0 atom stereocenters. The zero-order valence-electron chi connectivity index (χ0n) is 6.77. The van der Waals surface area contributed by atoms with E-state index < -0.39 is 5.91 Å². The molecule has 0 radical (unpaired) electrons. The number of amides is 1. The van der Waals surface area contributed by atoms with E-state index in [0.29, 0.717) is 10.1 Å². The lowest BCUT2D eigenvalue weighted by Crippen LogP contribution is -2.24. The summed E-state index contributed by atoms with van der Waals surface area (Å²) in [7, 11) is 0. The van der Waals surface area contributed by atoms with Gasteiger partial charge in [-0.2, -0.15) is 5.06 Å². The van der Waals surface area contributed by atoms with Crippen molar-refractivity contribution in [1.29, 1.82) is 0 Å². The van der Waals surface area contributed by atoms with E-state index in [0.717, 1.165) is 6.08 Å². The molecule has 4 heteroatoms. The number of hydrogen-bond acceptors (Lipinski definition) is 2. The third-order valence-electron chi connectivity index (χ3n) is 1.46. The van der Waals surface area contributed by atoms with Crippen LogP contribution in [0.1, 0.15) is 0 Å². The first-order valence-electron chi connectivity index (χ1n) is 3.56. The summed E-state index contributed by atoms with van der Waals surface area (Å²) in [5.41, 5.74) is 0.245. The van der Waals surface area contributed by atoms with E-state index in [9.17, 15) is 10.0 Å². The highest BCUT2D eigenvalue weighted by atomic mass is 35.5. The predicted octanol–water partition coefficient (Wildman–Crippen LogP) is 2.25. The zero-order chi connectivity index (χ0) is 9.84. The molecule has 0 bridgehead atoms. The van der Waals surface area contributed by atoms with Gasteiger partial charge in [-0.3, -0.25) is 10.0 Å². The molecule has 0 saturated carbocycles. The van der Waals surface area contributed by atoms with Gasteiger partial charge in [-0.15, -0.1) is 0 Å². The van der Waals surface area contributed by atoms with Crippen molar-refractivity contribution >= 4 is 23.2 Å². The Kier molecular flexibility index (Phi) is 3.06. The summed E-state index contributed by atoms with van der Waals surface area (Å²) < 4.78 is 0. The molecule has 1 N–H and O–H groups in total. The molecule has 0 fully saturated rings. The Bertz CT molecular complexity index is 338. The van der Waals surface area contributed by atoms with Crippen molar-refractivity contribution in [1.82, 2.24) is 0 Å². The van der Waals surface area contributed by atoms with E-state index in [4.69, 9.17) is 11.6 Å². The molecule has 1 aromatic rings. The number of hydroxylamine groups is 1. The first kappa shape index (κ1) is 9.77. The molecule has 1 aromatic carbocycles. The lowest BCUT2D eigenvalue weighted by atomic mass is 10.3. The maximum absolute atomic E-state index is 11.0. The number of nitrogens with zero attached hydrogens (tertiary/aromatic N) is 1. The van der Waals surface area contributed by atoms with E-state index >= 15 is 0 Å². The maximum atomic E-state index is 11.0. The fraction of sp³-hybridized carbons (Fsp3) is 0. The Morgan fingerprint density at radius 3 is 2.69 bits per heavy atom. The Labute approximate surface area is 80.8 Å². The molecule has 13 heavy (non-hydrogen) atoms. The van der Waals surface area contributed by atoms with Crippen molar-refractivity contribution in [2.75, 3.05) is 5.06 Å². The van der Waals surface area contributed by atoms with Crippen LogP contribution in [0.15, 0.2) is 36.9 Å². The molecule has 0 aliphatic carbocycles. The normalized spacial score (nSPS) is 9.38. The van der Waals surface area contributed by atoms with Gasteiger partial charge in [-0.25, -0.2) is 0 Å². The maximum Gasteiger partial charge on any atom is 0.274 e. The molecule has 0 aliphatic heterocycles. The minimum atomic E-state index is -0.617. The summed E-state index contributed by atoms with van der Waals surface area (Å²) in [6.45, 7) is 3.24. The summed E-state index contributed by atoms with van der Waals surface area (Å²) in [6, 6.07) is 6.49. The van der Waals surface area contributed by atoms with Crippen LogP contribution in [0.3, 0.4) is 0 Å². The number of benzene rings is 1. The Hall–Kier alpha value is -1.32. The highest BCUT2D eigenvalue weighted by Gasteiger charge is 2.11. The molecule has 3 nitrogen and oxygen atoms in total. The standard InChI is InChI=1S/C9H8ClNO2/c1-2-9(12)11(13)8-6-4-3-5-7(8)10/h2-6,13H,1H2. The van der Waals surface area contributed by atoms with E-state index in [1.165, 1.54) is 6.07 Å². The first-order chi connectivity index (χ1) is 6.16. The Morgan fingerprint density at radius 1 is 1.54 bits per heavy atom. The summed E-state index contributed by atoms with van der Waals surface area (Å²) in [5.74, 6) is -0.617. The van der Waals surface area contributed by atoms with Gasteiger partial charge in [-0.1, -0.05) is 30.3 Å². The average molecular weight is 198 g/mol. The number of carbonyl (C=O) groups excluding carboxylic acids is 1. The van der Waals surface area contributed by atoms with Crippen LogP contribution in [0.2, 0.25) is 5.02 Å². The molecule has 0 aliphatic rings. The summed E-state index contributed by atoms with van der Waals surface area (Å²) >= 11 is 5.73. The van der Waals surface area contributed by atoms with E-state index in [2.05, 4.69) is 6.58 Å². The van der Waals surface area contributed by atoms with Gasteiger partial charge in [0.25, 0.3) is 5.91 Å². The number of hydrogen-bond donors (Lipinski definition) is 1. The van der Waals surface area contributed by atoms with Crippen molar-refractivity contribution in [2.24, 2.45) is 0 Å². The Balaban J connectivity index is 3.01. The van der Waals surface area contributed by atoms with Crippen molar-refractivity contribution < 1.29 is 10.0 Å². The zero-order valence-corrected chi connectivity index (χ0v) is 7.53. The number of halogens is 1. The quantitative estimate of drug-likeness (QED) is 0.449. The van der Waals surface area contributed by atoms with Crippen LogP contribution >= 0.6 is 11.6 Å². The SMILES string of the molecule is C=CC(=O)N(O)c1ccccc1Cl. The second-order valence-corrected chi connectivity index (χ2v) is 2.71. The predicted molar refractivity (Wildman–Crippen MR) is 50.9 cm³/mol. The second kappa shape index (κ2) is 4.07. The highest BCUT2D eigenvalue weighted by molar-refractivity contribution is 6.33. The van der Waals surface area contributed by atoms with Crippen LogP contribution in [0.25, 0.3) is 0 Å². The fourth-order valence-electron chi connectivity index (χ4n) is 0.829. The first-order valence-corrected chi connectivity index (χ1v) is 3.94. The smallest absolute Gasteiger partial charge is 0.274 e. The topological polar surface area (TPSA) is 40.5 Å². The number of anilines is 1. The van der Waals surface area contributed by atoms with Gasteiger partial charge in [0.15, 0.2) is 0 Å². The molecular weight excluding hydrogens is 190 g/mol. The van der Waals surface area contributed by atoms with E-state index in [1.54, 1.807) is 18.2 Å². The van der Waals surface area contributed by atoms with Crippen molar-refractivity contribution in [3.05, 3.63) is 41.9 Å². The Morgan fingerprint density at radius 2 is 2.15 bits per heavy atom. The van der Waals surface area contributed by atoms with Gasteiger partial charge in [0, 0.05) is 0 Å². The monoisotopic (exact) mass is 197 g/mol. The van der Waals surface area contributed by atoms with Gasteiger partial charge in [-0.05, 0) is 18.2 Å². The number of para-hydroxylation sites is 1. The highest BCUT2D eigenvalue weighted by Crippen LogP contribution is 2.23. The number of carbonyl (C=O) groups is 1. The summed E-state index contributed by atoms with van der Waals surface area (Å²) in [5, 5.41) is 10.1. The molecule has 0 saturated heterocycles. The second-order valence-electron chi connectivity index (χ2n) is 2.31. The van der Waals surface area contributed by atoms with Crippen LogP contribution in [0, 0.1) is 0 Å². The third-order valence-corrected chi connectivity index (χ3v) is 1.78. The van der Waals surface area contributed by atoms with Gasteiger partial charge >= 0.3 is 0 Å². The third kappa shape index (κ3) is 2.08. The van der Waals surface area contributed by atoms with E-state index in [-0.39, 0.29) is 5.69 Å². The van der Waals surface area contributed by atoms with Crippen LogP contribution in [-0.4, -0.2) is 11.1 Å². The van der Waals surface area contributed by atoms with Crippen molar-refractivity contribution in [2.45, 2.75) is 0 Å². The summed E-state index contributed by atoms with van der Waals surface area (Å²) in [4.78, 5) is 11.0. The minimum absolute atomic E-state index is 0.245. The lowest BCUT2D eigenvalue weighted by molar-refractivity contribution is -0.118. The summed E-state index contributed by atoms with van der Waals surface area (Å²) in [6.07, 6.45) is 1.00. The van der Waals surface area contributed by atoms with Gasteiger partial charge in [0.2, 0.25) is 0 Å². The van der Waals surface area contributed by atoms with Crippen molar-refractivity contribution in [3.63, 3.8) is 0 Å². The molecule has 0 spiro atoms. The average Bonchev–Trinajstić information content (AvgIpc) is 2.16. The number of rotatable bonds is 2. The lowest BCUT2D eigenvalue weighted by Gasteiger charge is -2.13. The largest absolute Gasteiger partial charge is 0.281 e. The van der Waals surface area contributed by atoms with Crippen LogP contribution in [0.5, 0.6) is 0 Å². The molecule has 1 rings (SSSR count). The molecule has 1 amide bonds. The van der Waals surface area contributed by atoms with Crippen LogP contribution < -0.4 is 5.06 Å². The van der Waals surface area contributed by atoms with Gasteiger partial charge in [0.05, 0.1) is 10.7 Å². The van der Waals surface area contributed by atoms with Crippen molar-refractivity contribution in [3.8, 4) is 0 Å². The molecule has 0 aromatic heterocycles. The van der Waals surface area contributed by atoms with Gasteiger partial charge < -0.3 is 0 Å². The molecule has 0 unspecified atom stereocenters. The van der Waals surface area contributed by atoms with Crippen LogP contribution in [-0.2, 0) is 4.79 Å². The van der Waals surface area contributed by atoms with Crippen LogP contribution in [0.4, 0.5) is 5.69 Å². The molecule has 68 valence electrons. The molecular formula is C9H8ClNO2. The fourth-order valence-corrected chi connectivity index (χ4v) is 1.04. The molecule has 0 heterocycles.